The van der Waals surface area contributed by atoms with Gasteiger partial charge in [-0.15, -0.1) is 0 Å². The number of carbonyl (C=O) groups is 1. The normalized spacial score (nSPS) is 37.7. The number of hydrogen-bond donors (Lipinski definition) is 2. The quantitative estimate of drug-likeness (QED) is 0.571. The maximum Gasteiger partial charge on any atom is 0.407 e. The van der Waals surface area contributed by atoms with Crippen LogP contribution in [-0.4, -0.2) is 34.2 Å². The number of nitrogens with two attached hydrogens (primary N) is 1. The van der Waals surface area contributed by atoms with Gasteiger partial charge < -0.3 is 15.7 Å². The Kier molecular flexibility index (Phi) is 1.51. The first-order chi connectivity index (χ1) is 5.61. The van der Waals surface area contributed by atoms with E-state index >= 15 is 0 Å². The van der Waals surface area contributed by atoms with Crippen molar-refractivity contribution >= 4 is 23.3 Å². The molecule has 0 radical (unpaired) electrons. The first-order valence-corrected chi connectivity index (χ1v) is 4.29. The molecular weight excluding hydrogens is 176 g/mol. The van der Waals surface area contributed by atoms with Crippen molar-refractivity contribution in [1.82, 2.24) is 4.90 Å². The minimum atomic E-state index is -0.830. The van der Waals surface area contributed by atoms with Gasteiger partial charge in [0.25, 0.3) is 0 Å². The molecule has 2 rings (SSSR count). The van der Waals surface area contributed by atoms with Gasteiger partial charge in [-0.3, -0.25) is 0 Å². The van der Waals surface area contributed by atoms with Gasteiger partial charge in [-0.05, 0) is 11.8 Å². The molecule has 0 spiro atoms. The van der Waals surface area contributed by atoms with Gasteiger partial charge in [0.2, 0.25) is 0 Å². The maximum absolute atomic E-state index is 10.5. The number of thiocarbonyl (C=S) groups is 1. The Morgan fingerprint density at radius 2 is 2.00 bits per heavy atom. The van der Waals surface area contributed by atoms with E-state index in [-0.39, 0.29) is 0 Å². The lowest BCUT2D eigenvalue weighted by Gasteiger charge is -2.14. The van der Waals surface area contributed by atoms with Crippen LogP contribution in [0, 0.1) is 17.8 Å². The molecule has 3 N–H and O–H groups in total. The van der Waals surface area contributed by atoms with Gasteiger partial charge in [0, 0.05) is 19.0 Å². The van der Waals surface area contributed by atoms with Crippen LogP contribution in [0.15, 0.2) is 0 Å². The molecule has 0 aromatic carbocycles. The number of piperidine rings is 1. The molecule has 0 aromatic heterocycles. The SMILES string of the molecule is NC(=S)C1[C@H]2CN(C(=O)O)C[C@@H]12. The van der Waals surface area contributed by atoms with E-state index in [4.69, 9.17) is 23.1 Å². The molecule has 0 aromatic rings. The number of likely N-dealkylation sites (tertiary alicyclic amines) is 1. The molecule has 1 aliphatic carbocycles. The van der Waals surface area contributed by atoms with Gasteiger partial charge in [0.1, 0.15) is 0 Å². The molecule has 1 heterocycles. The van der Waals surface area contributed by atoms with E-state index < -0.39 is 6.09 Å². The van der Waals surface area contributed by atoms with Crippen LogP contribution in [0.4, 0.5) is 4.79 Å². The maximum atomic E-state index is 10.5. The molecule has 1 saturated heterocycles. The Morgan fingerprint density at radius 3 is 2.33 bits per heavy atom. The van der Waals surface area contributed by atoms with Crippen LogP contribution in [-0.2, 0) is 0 Å². The van der Waals surface area contributed by atoms with E-state index in [9.17, 15) is 4.79 Å². The highest BCUT2D eigenvalue weighted by Crippen LogP contribution is 2.51. The molecular formula is C7H10N2O2S. The highest BCUT2D eigenvalue weighted by atomic mass is 32.1. The lowest BCUT2D eigenvalue weighted by molar-refractivity contribution is 0.150. The number of fused-ring (bicyclic) bond motifs is 1. The van der Waals surface area contributed by atoms with Crippen molar-refractivity contribution in [2.75, 3.05) is 13.1 Å². The minimum Gasteiger partial charge on any atom is -0.465 e. The summed E-state index contributed by atoms with van der Waals surface area (Å²) in [6.07, 6.45) is -0.830. The average Bonchev–Trinajstić information content (AvgIpc) is 2.48. The van der Waals surface area contributed by atoms with Gasteiger partial charge in [-0.1, -0.05) is 12.2 Å². The number of rotatable bonds is 1. The van der Waals surface area contributed by atoms with E-state index in [2.05, 4.69) is 0 Å². The molecule has 2 aliphatic rings. The van der Waals surface area contributed by atoms with Crippen LogP contribution < -0.4 is 5.73 Å². The van der Waals surface area contributed by atoms with E-state index in [1.165, 1.54) is 4.90 Å². The van der Waals surface area contributed by atoms with E-state index in [1.54, 1.807) is 0 Å². The van der Waals surface area contributed by atoms with Crippen molar-refractivity contribution in [3.63, 3.8) is 0 Å². The molecule has 1 saturated carbocycles. The summed E-state index contributed by atoms with van der Waals surface area (Å²) in [6, 6.07) is 0. The van der Waals surface area contributed by atoms with E-state index in [0.29, 0.717) is 35.8 Å². The molecule has 1 aliphatic heterocycles. The molecule has 66 valence electrons. The second kappa shape index (κ2) is 2.32. The fraction of sp³-hybridized carbons (Fsp3) is 0.714. The third-order valence-electron chi connectivity index (χ3n) is 2.79. The highest BCUT2D eigenvalue weighted by Gasteiger charge is 2.58. The van der Waals surface area contributed by atoms with Gasteiger partial charge in [0.05, 0.1) is 4.99 Å². The third kappa shape index (κ3) is 0.964. The first kappa shape index (κ1) is 7.79. The number of nitrogens with zero attached hydrogens (tertiary/aromatic N) is 1. The van der Waals surface area contributed by atoms with E-state index in [0.717, 1.165) is 0 Å². The second-order valence-electron chi connectivity index (χ2n) is 3.44. The number of amides is 1. The number of hydrogen-bond acceptors (Lipinski definition) is 2. The lowest BCUT2D eigenvalue weighted by atomic mass is 10.3. The van der Waals surface area contributed by atoms with Crippen LogP contribution in [0.1, 0.15) is 0 Å². The van der Waals surface area contributed by atoms with Crippen molar-refractivity contribution in [3.05, 3.63) is 0 Å². The molecule has 12 heavy (non-hydrogen) atoms. The summed E-state index contributed by atoms with van der Waals surface area (Å²) >= 11 is 4.85. The monoisotopic (exact) mass is 186 g/mol. The van der Waals surface area contributed by atoms with Crippen molar-refractivity contribution in [2.45, 2.75) is 0 Å². The molecule has 1 unspecified atom stereocenters. The predicted molar refractivity (Wildman–Crippen MR) is 46.9 cm³/mol. The van der Waals surface area contributed by atoms with Crippen molar-refractivity contribution in [3.8, 4) is 0 Å². The lowest BCUT2D eigenvalue weighted by Crippen LogP contribution is -2.31. The van der Waals surface area contributed by atoms with Crippen LogP contribution in [0.2, 0.25) is 0 Å². The van der Waals surface area contributed by atoms with E-state index in [1.807, 2.05) is 0 Å². The topological polar surface area (TPSA) is 66.6 Å². The molecule has 1 amide bonds. The summed E-state index contributed by atoms with van der Waals surface area (Å²) < 4.78 is 0. The number of carboxylic acid groups (broad SMARTS) is 1. The van der Waals surface area contributed by atoms with Crippen LogP contribution >= 0.6 is 12.2 Å². The molecule has 3 atom stereocenters. The minimum absolute atomic E-state index is 0.315. The zero-order valence-electron chi connectivity index (χ0n) is 6.43. The smallest absolute Gasteiger partial charge is 0.407 e. The van der Waals surface area contributed by atoms with Crippen LogP contribution in [0.5, 0.6) is 0 Å². The predicted octanol–water partition coefficient (Wildman–Crippen LogP) is 0.128. The average molecular weight is 186 g/mol. The van der Waals surface area contributed by atoms with Crippen molar-refractivity contribution in [1.29, 1.82) is 0 Å². The Hall–Kier alpha value is -0.840. The Labute approximate surface area is 75.3 Å². The zero-order chi connectivity index (χ0) is 8.88. The Balaban J connectivity index is 1.94. The van der Waals surface area contributed by atoms with Gasteiger partial charge in [-0.25, -0.2) is 4.79 Å². The summed E-state index contributed by atoms with van der Waals surface area (Å²) in [5.74, 6) is 1.15. The summed E-state index contributed by atoms with van der Waals surface area (Å²) in [6.45, 7) is 1.23. The molecule has 2 fully saturated rings. The van der Waals surface area contributed by atoms with Gasteiger partial charge in [0.15, 0.2) is 0 Å². The first-order valence-electron chi connectivity index (χ1n) is 3.88. The summed E-state index contributed by atoms with van der Waals surface area (Å²) in [4.78, 5) is 12.5. The molecule has 0 bridgehead atoms. The molecule has 4 nitrogen and oxygen atoms in total. The standard InChI is InChI=1S/C7H10N2O2S/c8-6(12)5-3-1-9(7(10)11)2-4(3)5/h3-5H,1-2H2,(H2,8,12)(H,10,11)/t3-,4+,5?. The summed E-state index contributed by atoms with van der Waals surface area (Å²) in [7, 11) is 0. The van der Waals surface area contributed by atoms with Gasteiger partial charge >= 0.3 is 6.09 Å². The Morgan fingerprint density at radius 1 is 1.50 bits per heavy atom. The van der Waals surface area contributed by atoms with Crippen molar-refractivity contribution < 1.29 is 9.90 Å². The fourth-order valence-electron chi connectivity index (χ4n) is 2.10. The highest BCUT2D eigenvalue weighted by molar-refractivity contribution is 7.80. The third-order valence-corrected chi connectivity index (χ3v) is 3.07. The van der Waals surface area contributed by atoms with Gasteiger partial charge in [-0.2, -0.15) is 0 Å². The zero-order valence-corrected chi connectivity index (χ0v) is 7.25. The fourth-order valence-corrected chi connectivity index (χ4v) is 2.45. The van der Waals surface area contributed by atoms with Crippen LogP contribution in [0.25, 0.3) is 0 Å². The van der Waals surface area contributed by atoms with Crippen molar-refractivity contribution in [2.24, 2.45) is 23.5 Å². The summed E-state index contributed by atoms with van der Waals surface area (Å²) in [5, 5.41) is 8.64. The largest absolute Gasteiger partial charge is 0.465 e. The molecule has 5 heteroatoms. The summed E-state index contributed by atoms with van der Waals surface area (Å²) in [5.41, 5.74) is 5.48. The van der Waals surface area contributed by atoms with Crippen LogP contribution in [0.3, 0.4) is 0 Å². The Bertz CT molecular complexity index is 232. The second-order valence-corrected chi connectivity index (χ2v) is 3.91.